The molecule has 0 aliphatic carbocycles. The van der Waals surface area contributed by atoms with Gasteiger partial charge in [0.05, 0.1) is 12.6 Å². The van der Waals surface area contributed by atoms with Gasteiger partial charge in [-0.2, -0.15) is 4.68 Å². The molecule has 0 bridgehead atoms. The van der Waals surface area contributed by atoms with Gasteiger partial charge in [0.25, 0.3) is 4.73 Å². The van der Waals surface area contributed by atoms with Gasteiger partial charge in [0.1, 0.15) is 0 Å². The second-order valence-electron chi connectivity index (χ2n) is 2.83. The van der Waals surface area contributed by atoms with Crippen molar-refractivity contribution in [3.05, 3.63) is 14.8 Å². The number of aliphatic hydroxyl groups is 1. The van der Waals surface area contributed by atoms with Crippen molar-refractivity contribution in [1.82, 2.24) is 20.1 Å². The maximum Gasteiger partial charge on any atom is 0.492 e. The zero-order valence-corrected chi connectivity index (χ0v) is 9.51. The lowest BCUT2D eigenvalue weighted by molar-refractivity contribution is -0.394. The van der Waals surface area contributed by atoms with Gasteiger partial charge in [-0.3, -0.25) is 0 Å². The van der Waals surface area contributed by atoms with Crippen LogP contribution in [0.1, 0.15) is 0 Å². The monoisotopic (exact) mass is 279 g/mol. The minimum absolute atomic E-state index is 0.141. The van der Waals surface area contributed by atoms with E-state index in [1.165, 1.54) is 4.68 Å². The molecule has 1 unspecified atom stereocenters. The lowest BCUT2D eigenvalue weighted by Crippen LogP contribution is -2.28. The van der Waals surface area contributed by atoms with E-state index in [0.29, 0.717) is 6.54 Å². The number of nitro groups is 1. The predicted octanol–water partition coefficient (Wildman–Crippen LogP) is -0.471. The molecular weight excluding hydrogens is 270 g/mol. The fourth-order valence-corrected chi connectivity index (χ4v) is 1.39. The Morgan fingerprint density at radius 3 is 2.93 bits per heavy atom. The largest absolute Gasteiger partial charge is 0.492 e. The van der Waals surface area contributed by atoms with Gasteiger partial charge >= 0.3 is 5.95 Å². The molecule has 0 saturated carbocycles. The van der Waals surface area contributed by atoms with Crippen LogP contribution < -0.4 is 5.32 Å². The van der Waals surface area contributed by atoms with Crippen LogP contribution in [0.5, 0.6) is 0 Å². The fourth-order valence-electron chi connectivity index (χ4n) is 1.01. The molecule has 1 heterocycles. The van der Waals surface area contributed by atoms with Crippen molar-refractivity contribution < 1.29 is 10.0 Å². The lowest BCUT2D eigenvalue weighted by atomic mass is 10.3. The van der Waals surface area contributed by atoms with E-state index < -0.39 is 17.0 Å². The minimum Gasteiger partial charge on any atom is -0.390 e. The molecule has 0 aliphatic rings. The summed E-state index contributed by atoms with van der Waals surface area (Å²) >= 11 is 3.02. The zero-order chi connectivity index (χ0) is 11.4. The summed E-state index contributed by atoms with van der Waals surface area (Å²) in [6.45, 7) is 0.516. The Balaban J connectivity index is 2.72. The van der Waals surface area contributed by atoms with Crippen LogP contribution in [0.25, 0.3) is 0 Å². The van der Waals surface area contributed by atoms with Gasteiger partial charge < -0.3 is 20.5 Å². The number of halogens is 1. The summed E-state index contributed by atoms with van der Waals surface area (Å²) < 4.78 is 1.46. The summed E-state index contributed by atoms with van der Waals surface area (Å²) in [4.78, 5) is 13.2. The first-order valence-electron chi connectivity index (χ1n) is 4.12. The van der Waals surface area contributed by atoms with Crippen LogP contribution in [-0.2, 0) is 6.54 Å². The summed E-state index contributed by atoms with van der Waals surface area (Å²) in [7, 11) is 1.70. The maximum atomic E-state index is 10.3. The average molecular weight is 280 g/mol. The van der Waals surface area contributed by atoms with Crippen molar-refractivity contribution in [1.29, 1.82) is 0 Å². The molecule has 0 aromatic carbocycles. The first-order chi connectivity index (χ1) is 7.04. The maximum absolute atomic E-state index is 10.3. The van der Waals surface area contributed by atoms with Crippen LogP contribution >= 0.6 is 15.9 Å². The Hall–Kier alpha value is -1.06. The summed E-state index contributed by atoms with van der Waals surface area (Å²) in [5, 5.41) is 26.2. The van der Waals surface area contributed by atoms with E-state index in [1.54, 1.807) is 7.05 Å². The molecule has 1 aromatic heterocycles. The molecule has 0 aliphatic heterocycles. The van der Waals surface area contributed by atoms with E-state index in [4.69, 9.17) is 0 Å². The molecule has 0 fully saturated rings. The highest BCUT2D eigenvalue weighted by atomic mass is 79.9. The quantitative estimate of drug-likeness (QED) is 0.558. The van der Waals surface area contributed by atoms with Crippen LogP contribution in [0.4, 0.5) is 5.95 Å². The molecule has 2 N–H and O–H groups in total. The van der Waals surface area contributed by atoms with Gasteiger partial charge in [0, 0.05) is 27.6 Å². The summed E-state index contributed by atoms with van der Waals surface area (Å²) in [5.74, 6) is -0.487. The predicted molar refractivity (Wildman–Crippen MR) is 54.3 cm³/mol. The number of likely N-dealkylation sites (N-methyl/N-ethyl adjacent to an activating group) is 1. The number of nitrogens with zero attached hydrogens (tertiary/aromatic N) is 4. The molecule has 1 rings (SSSR count). The first-order valence-corrected chi connectivity index (χ1v) is 4.91. The van der Waals surface area contributed by atoms with Gasteiger partial charge in [-0.1, -0.05) is 0 Å². The van der Waals surface area contributed by atoms with Crippen LogP contribution in [0.3, 0.4) is 0 Å². The van der Waals surface area contributed by atoms with Gasteiger partial charge in [-0.25, -0.2) is 0 Å². The third kappa shape index (κ3) is 3.22. The summed E-state index contributed by atoms with van der Waals surface area (Å²) in [6.07, 6.45) is -0.674. The van der Waals surface area contributed by atoms with E-state index in [-0.39, 0.29) is 11.3 Å². The van der Waals surface area contributed by atoms with E-state index in [1.807, 2.05) is 0 Å². The van der Waals surface area contributed by atoms with Gasteiger partial charge in [-0.15, -0.1) is 0 Å². The molecule has 8 nitrogen and oxygen atoms in total. The molecule has 9 heteroatoms. The lowest BCUT2D eigenvalue weighted by Gasteiger charge is -2.06. The Morgan fingerprint density at radius 2 is 2.47 bits per heavy atom. The molecule has 0 spiro atoms. The van der Waals surface area contributed by atoms with Crippen molar-refractivity contribution in [2.75, 3.05) is 13.6 Å². The summed E-state index contributed by atoms with van der Waals surface area (Å²) in [6, 6.07) is 0. The molecule has 0 radical (unpaired) electrons. The highest BCUT2D eigenvalue weighted by Gasteiger charge is 2.20. The molecule has 0 amide bonds. The van der Waals surface area contributed by atoms with E-state index in [9.17, 15) is 15.2 Å². The van der Waals surface area contributed by atoms with Gasteiger partial charge in [-0.05, 0) is 17.0 Å². The zero-order valence-electron chi connectivity index (χ0n) is 7.92. The smallest absolute Gasteiger partial charge is 0.390 e. The molecule has 0 saturated heterocycles. The van der Waals surface area contributed by atoms with Crippen molar-refractivity contribution in [2.24, 2.45) is 0 Å². The SMILES string of the molecule is CNCC(O)Cn1nc([N+](=O)[O-])nc1Br. The molecule has 1 atom stereocenters. The number of hydrogen-bond donors (Lipinski definition) is 2. The third-order valence-electron chi connectivity index (χ3n) is 1.60. The van der Waals surface area contributed by atoms with Gasteiger partial charge in [0.2, 0.25) is 0 Å². The number of nitrogens with one attached hydrogen (secondary N) is 1. The fraction of sp³-hybridized carbons (Fsp3) is 0.667. The van der Waals surface area contributed by atoms with E-state index in [2.05, 4.69) is 31.3 Å². The Kier molecular flexibility index (Phi) is 4.12. The third-order valence-corrected chi connectivity index (χ3v) is 2.19. The van der Waals surface area contributed by atoms with Crippen molar-refractivity contribution >= 4 is 21.9 Å². The van der Waals surface area contributed by atoms with Crippen molar-refractivity contribution in [2.45, 2.75) is 12.6 Å². The van der Waals surface area contributed by atoms with Crippen LogP contribution in [0, 0.1) is 10.1 Å². The number of rotatable bonds is 5. The second-order valence-corrected chi connectivity index (χ2v) is 3.54. The van der Waals surface area contributed by atoms with Gasteiger partial charge in [0.15, 0.2) is 0 Å². The standard InChI is InChI=1S/C6H10BrN5O3/c1-8-2-4(13)3-11-5(7)9-6(10-11)12(14)15/h4,8,13H,2-3H2,1H3. The number of hydrogen-bond acceptors (Lipinski definition) is 6. The highest BCUT2D eigenvalue weighted by molar-refractivity contribution is 9.10. The van der Waals surface area contributed by atoms with Crippen LogP contribution in [-0.4, -0.2) is 44.5 Å². The number of aromatic nitrogens is 3. The van der Waals surface area contributed by atoms with E-state index >= 15 is 0 Å². The van der Waals surface area contributed by atoms with Crippen LogP contribution in [0.2, 0.25) is 0 Å². The first kappa shape index (κ1) is 12.0. The molecule has 84 valence electrons. The summed E-state index contributed by atoms with van der Waals surface area (Å²) in [5.41, 5.74) is 0. The Bertz CT molecular complexity index is 355. The minimum atomic E-state index is -0.689. The second kappa shape index (κ2) is 5.14. The van der Waals surface area contributed by atoms with Crippen molar-refractivity contribution in [3.63, 3.8) is 0 Å². The topological polar surface area (TPSA) is 106 Å². The Labute approximate surface area is 93.6 Å². The molecule has 1 aromatic rings. The normalized spacial score (nSPS) is 12.7. The molecule has 15 heavy (non-hydrogen) atoms. The Morgan fingerprint density at radius 1 is 1.80 bits per heavy atom. The molecular formula is C6H10BrN5O3. The highest BCUT2D eigenvalue weighted by Crippen LogP contribution is 2.12. The average Bonchev–Trinajstić information content (AvgIpc) is 2.48. The van der Waals surface area contributed by atoms with Crippen molar-refractivity contribution in [3.8, 4) is 0 Å². The van der Waals surface area contributed by atoms with E-state index in [0.717, 1.165) is 0 Å². The van der Waals surface area contributed by atoms with Crippen LogP contribution in [0.15, 0.2) is 4.73 Å². The number of aliphatic hydroxyl groups excluding tert-OH is 1.